The maximum Gasteiger partial charge on any atom is 0.124 e. The Kier molecular flexibility index (Phi) is 12.3. The number of nitrogens with zero attached hydrogens (tertiary/aromatic N) is 2. The molecule has 0 N–H and O–H groups in total. The molecule has 0 saturated carbocycles. The lowest BCUT2D eigenvalue weighted by atomic mass is 9.76. The Bertz CT molecular complexity index is 1900. The molecule has 4 aromatic rings. The average molecular weight is 785 g/mol. The molecule has 2 aromatic carbocycles. The summed E-state index contributed by atoms with van der Waals surface area (Å²) in [7, 11) is 1.31. The van der Waals surface area contributed by atoms with Crippen molar-refractivity contribution in [3.8, 4) is 0 Å². The zero-order chi connectivity index (χ0) is 39.2. The highest BCUT2D eigenvalue weighted by atomic mass is 28.3. The van der Waals surface area contributed by atoms with Gasteiger partial charge in [-0.05, 0) is 69.2 Å². The van der Waals surface area contributed by atoms with Crippen molar-refractivity contribution in [2.24, 2.45) is 10.8 Å². The molecule has 2 heterocycles. The van der Waals surface area contributed by atoms with Crippen molar-refractivity contribution in [2.75, 3.05) is 0 Å². The van der Waals surface area contributed by atoms with Crippen molar-refractivity contribution < 1.29 is 4.74 Å². The molecular formula is C48H52N2OSi4. The van der Waals surface area contributed by atoms with E-state index in [0.717, 1.165) is 35.4 Å². The highest BCUT2D eigenvalue weighted by Gasteiger charge is 2.56. The van der Waals surface area contributed by atoms with Gasteiger partial charge in [0.25, 0.3) is 0 Å². The van der Waals surface area contributed by atoms with Crippen LogP contribution in [0.1, 0.15) is 76.9 Å². The van der Waals surface area contributed by atoms with Gasteiger partial charge in [-0.25, -0.2) is 0 Å². The van der Waals surface area contributed by atoms with Crippen molar-refractivity contribution in [1.29, 1.82) is 0 Å². The van der Waals surface area contributed by atoms with Gasteiger partial charge in [-0.15, -0.1) is 0 Å². The third kappa shape index (κ3) is 8.87. The van der Waals surface area contributed by atoms with E-state index in [9.17, 15) is 0 Å². The Morgan fingerprint density at radius 3 is 1.25 bits per heavy atom. The molecule has 0 bridgehead atoms. The molecule has 7 heteroatoms. The molecule has 0 aliphatic heterocycles. The van der Waals surface area contributed by atoms with E-state index in [-0.39, 0.29) is 20.9 Å². The quantitative estimate of drug-likeness (QED) is 0.120. The van der Waals surface area contributed by atoms with Crippen molar-refractivity contribution in [3.63, 3.8) is 0 Å². The molecule has 8 radical (unpaired) electrons. The molecule has 6 rings (SSSR count). The SMILES string of the molecule is C=Cc1ccc(C(OC([Si]c2ccccc2)([Si]C2(C(C)(C)C)C=CC=CC2)c2ccc(C=C)nc2)([Si]c2ccccc2)[Si]C2(C(C)(C)C)C=CC=CC2)cn1. The fraction of sp³-hybridized carbons (Fsp3) is 0.292. The van der Waals surface area contributed by atoms with E-state index >= 15 is 0 Å². The number of allylic oxidation sites excluding steroid dienone is 8. The van der Waals surface area contributed by atoms with Crippen LogP contribution in [0.25, 0.3) is 12.2 Å². The Morgan fingerprint density at radius 1 is 0.564 bits per heavy atom. The Morgan fingerprint density at radius 2 is 0.964 bits per heavy atom. The summed E-state index contributed by atoms with van der Waals surface area (Å²) in [6.07, 6.45) is 28.2. The topological polar surface area (TPSA) is 35.0 Å². The molecular weight excluding hydrogens is 733 g/mol. The van der Waals surface area contributed by atoms with Crippen molar-refractivity contribution >= 4 is 60.6 Å². The van der Waals surface area contributed by atoms with Crippen LogP contribution in [0.4, 0.5) is 0 Å². The van der Waals surface area contributed by atoms with Gasteiger partial charge in [-0.2, -0.15) is 0 Å². The van der Waals surface area contributed by atoms with Gasteiger partial charge < -0.3 is 4.74 Å². The minimum Gasteiger partial charge on any atom is -0.374 e. The lowest BCUT2D eigenvalue weighted by Gasteiger charge is -2.54. The predicted molar refractivity (Wildman–Crippen MR) is 238 cm³/mol. The van der Waals surface area contributed by atoms with Crippen molar-refractivity contribution in [3.05, 3.63) is 182 Å². The third-order valence-corrected chi connectivity index (χ3v) is 19.8. The highest BCUT2D eigenvalue weighted by Crippen LogP contribution is 2.57. The maximum absolute atomic E-state index is 8.60. The summed E-state index contributed by atoms with van der Waals surface area (Å²) in [5.41, 5.74) is 3.75. The lowest BCUT2D eigenvalue weighted by molar-refractivity contribution is 0.00735. The van der Waals surface area contributed by atoms with E-state index in [0.29, 0.717) is 38.1 Å². The number of hydrogen-bond acceptors (Lipinski definition) is 3. The van der Waals surface area contributed by atoms with Crippen LogP contribution in [0.5, 0.6) is 0 Å². The molecule has 0 spiro atoms. The first kappa shape index (κ1) is 40.7. The van der Waals surface area contributed by atoms with Crippen LogP contribution in [-0.4, -0.2) is 48.0 Å². The lowest BCUT2D eigenvalue weighted by Crippen LogP contribution is -2.62. The van der Waals surface area contributed by atoms with Crippen LogP contribution in [0.3, 0.4) is 0 Å². The van der Waals surface area contributed by atoms with Gasteiger partial charge in [-0.3, -0.25) is 9.97 Å². The molecule has 0 amide bonds. The van der Waals surface area contributed by atoms with Gasteiger partial charge in [0.2, 0.25) is 0 Å². The fourth-order valence-electron chi connectivity index (χ4n) is 7.26. The van der Waals surface area contributed by atoms with Gasteiger partial charge in [-0.1, -0.05) is 186 Å². The van der Waals surface area contributed by atoms with Crippen molar-refractivity contribution in [1.82, 2.24) is 9.97 Å². The summed E-state index contributed by atoms with van der Waals surface area (Å²) in [6.45, 7) is 22.5. The third-order valence-electron chi connectivity index (χ3n) is 10.9. The Balaban J connectivity index is 1.71. The van der Waals surface area contributed by atoms with Gasteiger partial charge >= 0.3 is 0 Å². The summed E-state index contributed by atoms with van der Waals surface area (Å²) in [4.78, 5) is 8.47. The van der Waals surface area contributed by atoms with E-state index < -0.39 is 9.70 Å². The highest BCUT2D eigenvalue weighted by molar-refractivity contribution is 6.73. The molecule has 0 saturated heterocycles. The second kappa shape index (κ2) is 16.6. The summed E-state index contributed by atoms with van der Waals surface area (Å²) in [5.74, 6) is 0. The van der Waals surface area contributed by atoms with Gasteiger partial charge in [0.1, 0.15) is 19.0 Å². The van der Waals surface area contributed by atoms with Crippen LogP contribution in [-0.2, 0) is 14.4 Å². The van der Waals surface area contributed by atoms with Gasteiger partial charge in [0.05, 0.1) is 40.1 Å². The average Bonchev–Trinajstić information content (AvgIpc) is 3.18. The zero-order valence-corrected chi connectivity index (χ0v) is 37.1. The zero-order valence-electron chi connectivity index (χ0n) is 33.1. The predicted octanol–water partition coefficient (Wildman–Crippen LogP) is 9.61. The van der Waals surface area contributed by atoms with Crippen LogP contribution >= 0.6 is 0 Å². The maximum atomic E-state index is 8.60. The van der Waals surface area contributed by atoms with Crippen LogP contribution in [0.2, 0.25) is 10.1 Å². The van der Waals surface area contributed by atoms with E-state index in [1.165, 1.54) is 10.4 Å². The first-order chi connectivity index (χ1) is 26.3. The summed E-state index contributed by atoms with van der Waals surface area (Å²) >= 11 is 0. The number of aromatic nitrogens is 2. The van der Waals surface area contributed by atoms with Crippen LogP contribution < -0.4 is 10.4 Å². The monoisotopic (exact) mass is 784 g/mol. The summed E-state index contributed by atoms with van der Waals surface area (Å²) in [6, 6.07) is 30.6. The van der Waals surface area contributed by atoms with Crippen molar-refractivity contribution in [2.45, 2.75) is 74.2 Å². The molecule has 3 nitrogen and oxygen atoms in total. The molecule has 2 aliphatic carbocycles. The molecule has 55 heavy (non-hydrogen) atoms. The number of benzene rings is 2. The number of hydrogen-bond donors (Lipinski definition) is 0. The van der Waals surface area contributed by atoms with E-state index in [1.807, 2.05) is 12.2 Å². The largest absolute Gasteiger partial charge is 0.374 e. The standard InChI is InChI=1S/C48H52N2OSi4/c1-9-39-29-27-37(35-49-39)47(52-41-23-15-11-16-24-41,54-45(43(3,4)5)31-19-13-20-32-45)51-48(53-42-25-17-12-18-26-42,38-28-30-40(10-2)50-36-38)55-46(44(6,7)8)33-21-14-22-34-46/h9-31,33,35-36H,1-2,32,34H2,3-8H3. The van der Waals surface area contributed by atoms with Gasteiger partial charge in [0, 0.05) is 12.4 Å². The smallest absolute Gasteiger partial charge is 0.124 e. The van der Waals surface area contributed by atoms with Gasteiger partial charge in [0.15, 0.2) is 0 Å². The molecule has 276 valence electrons. The number of pyridine rings is 2. The number of ether oxygens (including phenoxy) is 1. The minimum absolute atomic E-state index is 0.0691. The summed E-state index contributed by atoms with van der Waals surface area (Å²) in [5, 5.41) is 2.14. The van der Waals surface area contributed by atoms with Crippen LogP contribution in [0.15, 0.2) is 159 Å². The Hall–Kier alpha value is -3.99. The first-order valence-corrected chi connectivity index (χ1v) is 23.1. The molecule has 2 aliphatic rings. The number of rotatable bonds is 14. The second-order valence-electron chi connectivity index (χ2n) is 16.5. The van der Waals surface area contributed by atoms with E-state index in [1.54, 1.807) is 0 Å². The summed E-state index contributed by atoms with van der Waals surface area (Å²) < 4.78 is 8.60. The molecule has 2 aromatic heterocycles. The van der Waals surface area contributed by atoms with E-state index in [4.69, 9.17) is 14.7 Å². The second-order valence-corrected chi connectivity index (χ2v) is 24.2. The van der Waals surface area contributed by atoms with Crippen LogP contribution in [0, 0.1) is 10.8 Å². The Labute approximate surface area is 340 Å². The van der Waals surface area contributed by atoms with E-state index in [2.05, 4.69) is 201 Å². The molecule has 0 fully saturated rings. The normalized spacial score (nSPS) is 21.8. The molecule has 4 atom stereocenters. The first-order valence-electron chi connectivity index (χ1n) is 19.1. The molecule has 4 unspecified atom stereocenters. The fourth-order valence-corrected chi connectivity index (χ4v) is 16.7. The minimum atomic E-state index is -0.768.